The minimum atomic E-state index is -1.87. The average molecular weight is 948 g/mol. The average Bonchev–Trinajstić information content (AvgIpc) is 3.29. The van der Waals surface area contributed by atoms with E-state index in [1.807, 2.05) is 30.3 Å². The molecule has 0 N–H and O–H groups in total. The molecule has 4 rings (SSSR count). The van der Waals surface area contributed by atoms with Crippen LogP contribution in [-0.4, -0.2) is 99.3 Å². The highest BCUT2D eigenvalue weighted by molar-refractivity contribution is 5.89. The molecule has 1 fully saturated rings. The second-order valence-corrected chi connectivity index (χ2v) is 18.3. The highest BCUT2D eigenvalue weighted by Gasteiger charge is 2.57. The minimum Gasteiger partial charge on any atom is -0.497 e. The van der Waals surface area contributed by atoms with Crippen LogP contribution in [0.2, 0.25) is 0 Å². The van der Waals surface area contributed by atoms with Crippen LogP contribution in [0, 0.1) is 0 Å². The van der Waals surface area contributed by atoms with Crippen molar-refractivity contribution in [2.24, 2.45) is 5.11 Å². The lowest BCUT2D eigenvalue weighted by Gasteiger charge is -2.50. The van der Waals surface area contributed by atoms with Gasteiger partial charge < -0.3 is 52.1 Å². The van der Waals surface area contributed by atoms with Crippen LogP contribution >= 0.6 is 0 Å². The maximum atomic E-state index is 13.6. The molecule has 0 spiro atoms. The van der Waals surface area contributed by atoms with Gasteiger partial charge in [0.15, 0.2) is 11.9 Å². The second-order valence-electron chi connectivity index (χ2n) is 18.3. The quantitative estimate of drug-likeness (QED) is 0.0156. The molecule has 0 aliphatic carbocycles. The smallest absolute Gasteiger partial charge is 0.497 e. The van der Waals surface area contributed by atoms with Crippen molar-refractivity contribution < 1.29 is 66.5 Å². The number of ether oxygens (including phenoxy) is 11. The van der Waals surface area contributed by atoms with Crippen LogP contribution in [0.5, 0.6) is 11.5 Å². The van der Waals surface area contributed by atoms with E-state index >= 15 is 0 Å². The molecule has 68 heavy (non-hydrogen) atoms. The molecule has 0 radical (unpaired) electrons. The SMILES string of the molecule is CCCCCCC=C[C@@H](OC(=O)c1ccccc1)[C@H](CO[C@]1(C)O[C@H](COC(=O)OC(C)(C)C)[C@H](OC(=O)OC(C)(C)C)[C@H](OCc2ccc(OC)cc2)[C@H]1OCc1ccc(OC)cc1)N=[N+]=[N-]. The summed E-state index contributed by atoms with van der Waals surface area (Å²) in [6, 6.07) is 21.7. The van der Waals surface area contributed by atoms with E-state index in [9.17, 15) is 19.9 Å². The fraction of sp³-hybridized carbons (Fsp3) is 0.549. The Morgan fingerprint density at radius 2 is 1.38 bits per heavy atom. The van der Waals surface area contributed by atoms with Crippen LogP contribution < -0.4 is 9.47 Å². The first kappa shape index (κ1) is 54.8. The van der Waals surface area contributed by atoms with Crippen molar-refractivity contribution in [3.8, 4) is 11.5 Å². The van der Waals surface area contributed by atoms with Gasteiger partial charge in [-0.25, -0.2) is 14.4 Å². The number of esters is 1. The molecule has 17 nitrogen and oxygen atoms in total. The Hall–Kier alpha value is -5.84. The third-order valence-corrected chi connectivity index (χ3v) is 10.4. The van der Waals surface area contributed by atoms with E-state index in [4.69, 9.17) is 52.1 Å². The van der Waals surface area contributed by atoms with Gasteiger partial charge in [0.1, 0.15) is 59.8 Å². The zero-order chi connectivity index (χ0) is 49.7. The normalized spacial score (nSPS) is 20.3. The number of unbranched alkanes of at least 4 members (excludes halogenated alkanes) is 4. The molecule has 0 saturated carbocycles. The van der Waals surface area contributed by atoms with Crippen LogP contribution in [0.25, 0.3) is 10.4 Å². The number of hydrogen-bond acceptors (Lipinski definition) is 15. The molecule has 1 aliphatic heterocycles. The van der Waals surface area contributed by atoms with Gasteiger partial charge in [-0.3, -0.25) is 0 Å². The van der Waals surface area contributed by atoms with E-state index in [0.717, 1.165) is 36.8 Å². The molecule has 3 aromatic carbocycles. The number of azide groups is 1. The number of benzene rings is 3. The number of methoxy groups -OCH3 is 2. The van der Waals surface area contributed by atoms with Crippen molar-refractivity contribution in [1.29, 1.82) is 0 Å². The van der Waals surface area contributed by atoms with Gasteiger partial charge in [-0.15, -0.1) is 0 Å². The van der Waals surface area contributed by atoms with Crippen molar-refractivity contribution in [3.63, 3.8) is 0 Å². The summed E-state index contributed by atoms with van der Waals surface area (Å²) in [6.07, 6.45) is 0.0218. The molecule has 1 saturated heterocycles. The minimum absolute atomic E-state index is 0.0323. The van der Waals surface area contributed by atoms with Crippen LogP contribution in [0.15, 0.2) is 96.1 Å². The fourth-order valence-electron chi connectivity index (χ4n) is 7.01. The van der Waals surface area contributed by atoms with Gasteiger partial charge in [-0.1, -0.05) is 79.8 Å². The first-order valence-electron chi connectivity index (χ1n) is 22.9. The molecular formula is C51H69N3O14. The molecule has 0 unspecified atom stereocenters. The van der Waals surface area contributed by atoms with Gasteiger partial charge in [0, 0.05) is 4.91 Å². The standard InChI is InChI=1S/C51H69N3O14/c1-11-12-13-14-15-19-22-41(64-46(55)37-20-17-16-18-21-37)40(53-54-52)33-63-51(8)45(61-32-36-25-29-39(59-10)30-26-36)44(60-31-35-23-27-38(58-9)28-24-35)43(65-48(57)68-50(5,6)7)42(66-51)34-62-47(56)67-49(2,3)4/h16-30,40-45H,11-15,31-34H2,1-10H3/t40-,41+,42+,43-,44-,45+,51+/m0/s1. The van der Waals surface area contributed by atoms with Gasteiger partial charge in [0.05, 0.1) is 39.6 Å². The molecule has 0 aromatic heterocycles. The van der Waals surface area contributed by atoms with Crippen LogP contribution in [0.4, 0.5) is 9.59 Å². The summed E-state index contributed by atoms with van der Waals surface area (Å²) in [5, 5.41) is 4.07. The fourth-order valence-corrected chi connectivity index (χ4v) is 7.01. The Bertz CT molecular complexity index is 2080. The number of carbonyl (C=O) groups excluding carboxylic acids is 3. The molecule has 3 aromatic rings. The third kappa shape index (κ3) is 18.3. The summed E-state index contributed by atoms with van der Waals surface area (Å²) in [5.74, 6) is -1.25. The second kappa shape index (κ2) is 26.6. The maximum absolute atomic E-state index is 13.6. The molecule has 0 bridgehead atoms. The highest BCUT2D eigenvalue weighted by Crippen LogP contribution is 2.38. The lowest BCUT2D eigenvalue weighted by Crippen LogP contribution is -2.67. The molecule has 17 heteroatoms. The summed E-state index contributed by atoms with van der Waals surface area (Å²) < 4.78 is 66.4. The van der Waals surface area contributed by atoms with E-state index in [0.29, 0.717) is 23.5 Å². The van der Waals surface area contributed by atoms with E-state index in [2.05, 4.69) is 16.9 Å². The van der Waals surface area contributed by atoms with E-state index in [-0.39, 0.29) is 13.2 Å². The maximum Gasteiger partial charge on any atom is 0.509 e. The Labute approximate surface area is 400 Å². The summed E-state index contributed by atoms with van der Waals surface area (Å²) in [5.41, 5.74) is 9.81. The number of hydrogen-bond donors (Lipinski definition) is 0. The Morgan fingerprint density at radius 3 is 1.94 bits per heavy atom. The van der Waals surface area contributed by atoms with E-state index < -0.39 is 85.0 Å². The molecule has 0 amide bonds. The molecular weight excluding hydrogens is 879 g/mol. The van der Waals surface area contributed by atoms with E-state index in [1.165, 1.54) is 0 Å². The summed E-state index contributed by atoms with van der Waals surface area (Å²) in [4.78, 5) is 43.4. The zero-order valence-electron chi connectivity index (χ0n) is 41.0. The van der Waals surface area contributed by atoms with Crippen LogP contribution in [-0.2, 0) is 55.8 Å². The molecule has 372 valence electrons. The lowest BCUT2D eigenvalue weighted by molar-refractivity contribution is -0.371. The number of rotatable bonds is 24. The van der Waals surface area contributed by atoms with Crippen LogP contribution in [0.3, 0.4) is 0 Å². The van der Waals surface area contributed by atoms with Crippen molar-refractivity contribution in [2.45, 2.75) is 154 Å². The first-order chi connectivity index (χ1) is 32.4. The molecule has 1 aliphatic rings. The summed E-state index contributed by atoms with van der Waals surface area (Å²) in [7, 11) is 3.12. The highest BCUT2D eigenvalue weighted by atomic mass is 16.8. The Morgan fingerprint density at radius 1 is 0.794 bits per heavy atom. The van der Waals surface area contributed by atoms with Gasteiger partial charge in [0.25, 0.3) is 0 Å². The number of allylic oxidation sites excluding steroid dienone is 1. The van der Waals surface area contributed by atoms with Crippen molar-refractivity contribution >= 4 is 18.3 Å². The monoisotopic (exact) mass is 947 g/mol. The van der Waals surface area contributed by atoms with Gasteiger partial charge in [-0.2, -0.15) is 0 Å². The number of carbonyl (C=O) groups is 3. The topological polar surface area (TPSA) is 201 Å². The van der Waals surface area contributed by atoms with Crippen molar-refractivity contribution in [2.75, 3.05) is 27.4 Å². The van der Waals surface area contributed by atoms with Crippen LogP contribution in [0.1, 0.15) is 109 Å². The van der Waals surface area contributed by atoms with Gasteiger partial charge in [-0.05, 0) is 120 Å². The summed E-state index contributed by atoms with van der Waals surface area (Å²) >= 11 is 0. The van der Waals surface area contributed by atoms with Crippen molar-refractivity contribution in [3.05, 3.63) is 118 Å². The third-order valence-electron chi connectivity index (χ3n) is 10.4. The predicted octanol–water partition coefficient (Wildman–Crippen LogP) is 11.0. The van der Waals surface area contributed by atoms with Gasteiger partial charge in [0.2, 0.25) is 0 Å². The van der Waals surface area contributed by atoms with Crippen molar-refractivity contribution in [1.82, 2.24) is 0 Å². The first-order valence-corrected chi connectivity index (χ1v) is 22.9. The predicted molar refractivity (Wildman–Crippen MR) is 252 cm³/mol. The lowest BCUT2D eigenvalue weighted by atomic mass is 9.92. The van der Waals surface area contributed by atoms with Gasteiger partial charge >= 0.3 is 18.3 Å². The van der Waals surface area contributed by atoms with E-state index in [1.54, 1.807) is 123 Å². The molecule has 7 atom stereocenters. The Balaban J connectivity index is 1.83. The largest absolute Gasteiger partial charge is 0.509 e. The summed E-state index contributed by atoms with van der Waals surface area (Å²) in [6.45, 7) is 12.8. The number of nitrogens with zero attached hydrogens (tertiary/aromatic N) is 3. The zero-order valence-corrected chi connectivity index (χ0v) is 41.0. The molecule has 1 heterocycles. The Kier molecular flexibility index (Phi) is 21.5.